The highest BCUT2D eigenvalue weighted by Gasteiger charge is 2.33. The van der Waals surface area contributed by atoms with Crippen molar-refractivity contribution in [3.63, 3.8) is 0 Å². The van der Waals surface area contributed by atoms with E-state index in [4.69, 9.17) is 4.74 Å². The summed E-state index contributed by atoms with van der Waals surface area (Å²) in [5.74, 6) is 0.771. The van der Waals surface area contributed by atoms with Crippen LogP contribution in [0.25, 0.3) is 0 Å². The van der Waals surface area contributed by atoms with Gasteiger partial charge in [-0.05, 0) is 36.5 Å². The minimum absolute atomic E-state index is 0.105. The van der Waals surface area contributed by atoms with E-state index in [9.17, 15) is 18.0 Å². The topological polar surface area (TPSA) is 96.0 Å². The summed E-state index contributed by atoms with van der Waals surface area (Å²) >= 11 is 1.37. The molecule has 1 saturated carbocycles. The number of hydrogen-bond donors (Lipinski definition) is 1. The molecule has 2 amide bonds. The molecule has 8 nitrogen and oxygen atoms in total. The molecule has 1 saturated heterocycles. The first-order chi connectivity index (χ1) is 15.3. The Labute approximate surface area is 194 Å². The molecular formula is C22H31N3O5S2. The number of anilines is 1. The van der Waals surface area contributed by atoms with Crippen molar-refractivity contribution in [3.05, 3.63) is 18.2 Å². The van der Waals surface area contributed by atoms with E-state index in [0.717, 1.165) is 17.7 Å². The van der Waals surface area contributed by atoms with Gasteiger partial charge < -0.3 is 15.0 Å². The first kappa shape index (κ1) is 23.5. The number of amides is 2. The van der Waals surface area contributed by atoms with Gasteiger partial charge in [-0.1, -0.05) is 26.7 Å². The van der Waals surface area contributed by atoms with Crippen molar-refractivity contribution in [3.8, 4) is 0 Å². The Bertz CT molecular complexity index is 978. The van der Waals surface area contributed by atoms with Crippen LogP contribution in [0, 0.1) is 11.8 Å². The summed E-state index contributed by atoms with van der Waals surface area (Å²) in [6, 6.07) is 4.95. The highest BCUT2D eigenvalue weighted by atomic mass is 32.2. The molecule has 3 unspecified atom stereocenters. The number of nitrogens with zero attached hydrogens (tertiary/aromatic N) is 2. The van der Waals surface area contributed by atoms with Crippen LogP contribution in [0.4, 0.5) is 5.69 Å². The van der Waals surface area contributed by atoms with Crippen molar-refractivity contribution < 1.29 is 22.7 Å². The van der Waals surface area contributed by atoms with Gasteiger partial charge in [-0.3, -0.25) is 9.59 Å². The Morgan fingerprint density at radius 2 is 1.97 bits per heavy atom. The fraction of sp³-hybridized carbons (Fsp3) is 0.636. The molecule has 2 heterocycles. The van der Waals surface area contributed by atoms with Crippen LogP contribution in [0.1, 0.15) is 33.1 Å². The standard InChI is InChI=1S/C22H31N3O5S2/c1-15-4-3-5-18(16(15)2)23-21(26)13-25-19-12-17(6-7-20(19)31-14-22(25)27)32(28,29)24-8-10-30-11-9-24/h6-7,12,15-16,18H,3-5,8-11,13-14H2,1-2H3,(H,23,26). The minimum atomic E-state index is -3.70. The lowest BCUT2D eigenvalue weighted by Gasteiger charge is -2.35. The Balaban J connectivity index is 1.54. The summed E-state index contributed by atoms with van der Waals surface area (Å²) < 4.78 is 32.9. The Kier molecular flexibility index (Phi) is 7.14. The van der Waals surface area contributed by atoms with Gasteiger partial charge in [0.2, 0.25) is 21.8 Å². The van der Waals surface area contributed by atoms with Crippen LogP contribution in [0.2, 0.25) is 0 Å². The number of fused-ring (bicyclic) bond motifs is 1. The van der Waals surface area contributed by atoms with Crippen LogP contribution in [0.15, 0.2) is 28.0 Å². The number of carbonyl (C=O) groups excluding carboxylic acids is 2. The molecule has 1 aromatic carbocycles. The van der Waals surface area contributed by atoms with Crippen LogP contribution in [0.3, 0.4) is 0 Å². The van der Waals surface area contributed by atoms with Gasteiger partial charge in [0.15, 0.2) is 0 Å². The van der Waals surface area contributed by atoms with E-state index >= 15 is 0 Å². The predicted molar refractivity (Wildman–Crippen MR) is 123 cm³/mol. The van der Waals surface area contributed by atoms with E-state index in [0.29, 0.717) is 43.8 Å². The smallest absolute Gasteiger partial charge is 0.243 e. The van der Waals surface area contributed by atoms with Crippen LogP contribution < -0.4 is 10.2 Å². The van der Waals surface area contributed by atoms with Crippen LogP contribution in [-0.2, 0) is 24.3 Å². The summed E-state index contributed by atoms with van der Waals surface area (Å²) in [6.45, 7) is 5.60. The van der Waals surface area contributed by atoms with E-state index in [-0.39, 0.29) is 35.0 Å². The molecular weight excluding hydrogens is 450 g/mol. The fourth-order valence-corrected chi connectivity index (χ4v) is 6.98. The molecule has 10 heteroatoms. The number of nitrogens with one attached hydrogen (secondary N) is 1. The molecule has 32 heavy (non-hydrogen) atoms. The normalized spacial score (nSPS) is 27.1. The van der Waals surface area contributed by atoms with Gasteiger partial charge in [-0.15, -0.1) is 11.8 Å². The van der Waals surface area contributed by atoms with Crippen molar-refractivity contribution in [1.82, 2.24) is 9.62 Å². The maximum atomic E-state index is 13.1. The zero-order valence-electron chi connectivity index (χ0n) is 18.6. The van der Waals surface area contributed by atoms with Gasteiger partial charge in [0, 0.05) is 24.0 Å². The van der Waals surface area contributed by atoms with Crippen molar-refractivity contribution in [1.29, 1.82) is 0 Å². The maximum absolute atomic E-state index is 13.1. The van der Waals surface area contributed by atoms with Gasteiger partial charge in [0.25, 0.3) is 0 Å². The minimum Gasteiger partial charge on any atom is -0.379 e. The molecule has 3 atom stereocenters. The Morgan fingerprint density at radius 1 is 1.22 bits per heavy atom. The molecule has 2 fully saturated rings. The average Bonchev–Trinajstić information content (AvgIpc) is 2.79. The molecule has 0 spiro atoms. The number of morpholine rings is 1. The molecule has 1 aliphatic carbocycles. The summed E-state index contributed by atoms with van der Waals surface area (Å²) in [4.78, 5) is 27.9. The number of sulfonamides is 1. The first-order valence-corrected chi connectivity index (χ1v) is 13.6. The molecule has 0 radical (unpaired) electrons. The summed E-state index contributed by atoms with van der Waals surface area (Å²) in [5.41, 5.74) is 0.487. The zero-order chi connectivity index (χ0) is 22.9. The summed E-state index contributed by atoms with van der Waals surface area (Å²) in [7, 11) is -3.70. The van der Waals surface area contributed by atoms with Crippen LogP contribution in [-0.4, -0.2) is 69.2 Å². The lowest BCUT2D eigenvalue weighted by molar-refractivity contribution is -0.124. The van der Waals surface area contributed by atoms with Crippen molar-refractivity contribution in [2.45, 2.75) is 48.9 Å². The number of hydrogen-bond acceptors (Lipinski definition) is 6. The number of benzene rings is 1. The molecule has 0 aromatic heterocycles. The third-order valence-corrected chi connectivity index (χ3v) is 9.78. The van der Waals surface area contributed by atoms with Crippen molar-refractivity contribution >= 4 is 39.3 Å². The molecule has 2 aliphatic heterocycles. The number of ether oxygens (including phenoxy) is 1. The van der Waals surface area contributed by atoms with E-state index in [1.165, 1.54) is 33.5 Å². The van der Waals surface area contributed by atoms with E-state index < -0.39 is 10.0 Å². The van der Waals surface area contributed by atoms with E-state index in [1.807, 2.05) is 0 Å². The second-order valence-electron chi connectivity index (χ2n) is 8.86. The molecule has 1 aromatic rings. The van der Waals surface area contributed by atoms with Crippen LogP contribution in [0.5, 0.6) is 0 Å². The quantitative estimate of drug-likeness (QED) is 0.692. The third-order valence-electron chi connectivity index (χ3n) is 6.84. The zero-order valence-corrected chi connectivity index (χ0v) is 20.2. The van der Waals surface area contributed by atoms with Gasteiger partial charge in [0.05, 0.1) is 29.5 Å². The maximum Gasteiger partial charge on any atom is 0.243 e. The number of carbonyl (C=O) groups is 2. The Hall–Kier alpha value is -1.62. The lowest BCUT2D eigenvalue weighted by Crippen LogP contribution is -2.49. The number of rotatable bonds is 5. The molecule has 1 N–H and O–H groups in total. The van der Waals surface area contributed by atoms with Crippen LogP contribution >= 0.6 is 11.8 Å². The fourth-order valence-electron chi connectivity index (χ4n) is 4.63. The van der Waals surface area contributed by atoms with Gasteiger partial charge >= 0.3 is 0 Å². The predicted octanol–water partition coefficient (Wildman–Crippen LogP) is 2.09. The monoisotopic (exact) mass is 481 g/mol. The third kappa shape index (κ3) is 4.83. The molecule has 0 bridgehead atoms. The second-order valence-corrected chi connectivity index (χ2v) is 11.8. The second kappa shape index (κ2) is 9.70. The summed E-state index contributed by atoms with van der Waals surface area (Å²) in [6.07, 6.45) is 3.20. The Morgan fingerprint density at radius 3 is 2.72 bits per heavy atom. The van der Waals surface area contributed by atoms with Crippen molar-refractivity contribution in [2.24, 2.45) is 11.8 Å². The van der Waals surface area contributed by atoms with Gasteiger partial charge in [-0.25, -0.2) is 8.42 Å². The van der Waals surface area contributed by atoms with E-state index in [2.05, 4.69) is 19.2 Å². The highest BCUT2D eigenvalue weighted by molar-refractivity contribution is 8.00. The van der Waals surface area contributed by atoms with Gasteiger partial charge in [0.1, 0.15) is 6.54 Å². The molecule has 3 aliphatic rings. The highest BCUT2D eigenvalue weighted by Crippen LogP contribution is 2.37. The van der Waals surface area contributed by atoms with Crippen molar-refractivity contribution in [2.75, 3.05) is 43.5 Å². The first-order valence-electron chi connectivity index (χ1n) is 11.2. The average molecular weight is 482 g/mol. The molecule has 4 rings (SSSR count). The summed E-state index contributed by atoms with van der Waals surface area (Å²) in [5, 5.41) is 3.11. The van der Waals surface area contributed by atoms with E-state index in [1.54, 1.807) is 12.1 Å². The SMILES string of the molecule is CC1CCCC(NC(=O)CN2C(=O)CSc3ccc(S(=O)(=O)N4CCOCC4)cc32)C1C. The largest absolute Gasteiger partial charge is 0.379 e. The lowest BCUT2D eigenvalue weighted by atomic mass is 9.78. The van der Waals surface area contributed by atoms with Gasteiger partial charge in [-0.2, -0.15) is 4.31 Å². The number of thioether (sulfide) groups is 1. The molecule has 176 valence electrons.